The summed E-state index contributed by atoms with van der Waals surface area (Å²) in [5.74, 6) is 0.672. The van der Waals surface area contributed by atoms with Crippen molar-refractivity contribution in [1.29, 1.82) is 0 Å². The van der Waals surface area contributed by atoms with Gasteiger partial charge in [0.05, 0.1) is 21.3 Å². The molecule has 0 spiro atoms. The van der Waals surface area contributed by atoms with E-state index >= 15 is 0 Å². The zero-order chi connectivity index (χ0) is 14.2. The summed E-state index contributed by atoms with van der Waals surface area (Å²) in [5, 5.41) is 4.41. The van der Waals surface area contributed by atoms with Gasteiger partial charge in [-0.3, -0.25) is 0 Å². The lowest BCUT2D eigenvalue weighted by Gasteiger charge is -2.15. The van der Waals surface area contributed by atoms with Crippen LogP contribution >= 0.6 is 11.3 Å². The first-order valence-electron chi connectivity index (χ1n) is 7.26. The van der Waals surface area contributed by atoms with Gasteiger partial charge in [-0.15, -0.1) is 11.3 Å². The average Bonchev–Trinajstić information content (AvgIpc) is 2.89. The number of aromatic nitrogens is 3. The number of hydrogen-bond donors (Lipinski definition) is 1. The second-order valence-electron chi connectivity index (χ2n) is 5.34. The van der Waals surface area contributed by atoms with Crippen molar-refractivity contribution in [3.05, 3.63) is 46.4 Å². The molecule has 2 heterocycles. The highest BCUT2D eigenvalue weighted by Crippen LogP contribution is 2.36. The van der Waals surface area contributed by atoms with E-state index in [1.807, 2.05) is 6.20 Å². The zero-order valence-corrected chi connectivity index (χ0v) is 12.7. The molecule has 0 bridgehead atoms. The van der Waals surface area contributed by atoms with Crippen LogP contribution in [0.3, 0.4) is 0 Å². The van der Waals surface area contributed by atoms with Gasteiger partial charge in [0.2, 0.25) is 5.95 Å². The molecular weight excluding hydrogens is 280 g/mol. The van der Waals surface area contributed by atoms with Gasteiger partial charge < -0.3 is 5.32 Å². The molecule has 2 aromatic heterocycles. The number of fused-ring (bicyclic) bond motifs is 3. The van der Waals surface area contributed by atoms with Crippen molar-refractivity contribution in [1.82, 2.24) is 15.0 Å². The van der Waals surface area contributed by atoms with E-state index in [4.69, 9.17) is 4.98 Å². The van der Waals surface area contributed by atoms with E-state index in [1.165, 1.54) is 16.1 Å². The molecule has 4 rings (SSSR count). The molecule has 0 fully saturated rings. The molecule has 0 saturated carbocycles. The van der Waals surface area contributed by atoms with Crippen LogP contribution in [0.15, 0.2) is 30.1 Å². The first-order chi connectivity index (χ1) is 10.3. The number of nitrogens with zero attached hydrogens (tertiary/aromatic N) is 3. The predicted octanol–water partition coefficient (Wildman–Crippen LogP) is 3.65. The van der Waals surface area contributed by atoms with Crippen LogP contribution in [0.2, 0.25) is 0 Å². The normalized spacial score (nSPS) is 16.1. The van der Waals surface area contributed by atoms with E-state index in [2.05, 4.69) is 40.4 Å². The number of thiazole rings is 1. The van der Waals surface area contributed by atoms with Crippen LogP contribution in [0.4, 0.5) is 5.95 Å². The van der Waals surface area contributed by atoms with Gasteiger partial charge in [-0.1, -0.05) is 12.2 Å². The molecule has 2 aliphatic rings. The smallest absolute Gasteiger partial charge is 0.227 e. The number of aryl methyl sites for hydroxylation is 3. The third-order valence-electron chi connectivity index (χ3n) is 3.77. The van der Waals surface area contributed by atoms with Crippen molar-refractivity contribution >= 4 is 17.3 Å². The Kier molecular flexibility index (Phi) is 3.07. The second kappa shape index (κ2) is 5.07. The maximum Gasteiger partial charge on any atom is 0.227 e. The van der Waals surface area contributed by atoms with E-state index in [0.717, 1.165) is 42.1 Å². The van der Waals surface area contributed by atoms with Crippen LogP contribution in [0.25, 0.3) is 10.6 Å². The van der Waals surface area contributed by atoms with Crippen molar-refractivity contribution in [3.8, 4) is 10.6 Å². The lowest BCUT2D eigenvalue weighted by molar-refractivity contribution is 0.883. The number of nitrogens with one attached hydrogen (secondary N) is 1. The van der Waals surface area contributed by atoms with Crippen LogP contribution in [-0.2, 0) is 12.8 Å². The lowest BCUT2D eigenvalue weighted by atomic mass is 10.00. The molecule has 2 aliphatic carbocycles. The van der Waals surface area contributed by atoms with Gasteiger partial charge in [0.1, 0.15) is 0 Å². The van der Waals surface area contributed by atoms with Crippen molar-refractivity contribution in [2.24, 2.45) is 0 Å². The Balaban J connectivity index is 1.70. The third kappa shape index (κ3) is 2.38. The van der Waals surface area contributed by atoms with Crippen LogP contribution in [0.1, 0.15) is 29.1 Å². The molecule has 2 aromatic rings. The van der Waals surface area contributed by atoms with Crippen LogP contribution < -0.4 is 5.32 Å². The average molecular weight is 296 g/mol. The van der Waals surface area contributed by atoms with Crippen molar-refractivity contribution in [3.63, 3.8) is 0 Å². The Hall–Kier alpha value is -2.01. The first-order valence-corrected chi connectivity index (χ1v) is 8.07. The quantitative estimate of drug-likeness (QED) is 0.919. The molecule has 1 N–H and O–H groups in total. The fourth-order valence-corrected chi connectivity index (χ4v) is 3.75. The Morgan fingerprint density at radius 3 is 3.00 bits per heavy atom. The summed E-state index contributed by atoms with van der Waals surface area (Å²) in [6.07, 6.45) is 12.6. The molecule has 5 heteroatoms. The van der Waals surface area contributed by atoms with Crippen molar-refractivity contribution < 1.29 is 0 Å². The molecule has 0 amide bonds. The van der Waals surface area contributed by atoms with Gasteiger partial charge >= 0.3 is 0 Å². The minimum absolute atomic E-state index is 0.672. The van der Waals surface area contributed by atoms with Gasteiger partial charge in [0.15, 0.2) is 0 Å². The van der Waals surface area contributed by atoms with Crippen LogP contribution in [-0.4, -0.2) is 15.0 Å². The van der Waals surface area contributed by atoms with E-state index in [9.17, 15) is 0 Å². The fraction of sp³-hybridized carbons (Fsp3) is 0.312. The summed E-state index contributed by atoms with van der Waals surface area (Å²) in [6.45, 7) is 2.06. The predicted molar refractivity (Wildman–Crippen MR) is 85.4 cm³/mol. The van der Waals surface area contributed by atoms with E-state index in [0.29, 0.717) is 5.95 Å². The summed E-state index contributed by atoms with van der Waals surface area (Å²) in [4.78, 5) is 15.0. The molecule has 0 aliphatic heterocycles. The summed E-state index contributed by atoms with van der Waals surface area (Å²) < 4.78 is 0. The van der Waals surface area contributed by atoms with Gasteiger partial charge in [-0.2, -0.15) is 0 Å². The molecule has 4 nitrogen and oxygen atoms in total. The summed E-state index contributed by atoms with van der Waals surface area (Å²) in [5.41, 5.74) is 4.55. The molecule has 0 unspecified atom stereocenters. The number of anilines is 1. The summed E-state index contributed by atoms with van der Waals surface area (Å²) >= 11 is 1.73. The molecule has 0 aromatic carbocycles. The highest BCUT2D eigenvalue weighted by Gasteiger charge is 2.22. The van der Waals surface area contributed by atoms with Gasteiger partial charge in [-0.25, -0.2) is 15.0 Å². The van der Waals surface area contributed by atoms with Gasteiger partial charge in [-0.05, 0) is 44.2 Å². The summed E-state index contributed by atoms with van der Waals surface area (Å²) in [6, 6.07) is 0. The van der Waals surface area contributed by atoms with Crippen LogP contribution in [0, 0.1) is 6.92 Å². The SMILES string of the molecule is Cc1nc2c(s1)-c1nc(NC3=CCCC=C3)ncc1CC2. The molecule has 0 atom stereocenters. The largest absolute Gasteiger partial charge is 0.324 e. The highest BCUT2D eigenvalue weighted by molar-refractivity contribution is 7.15. The number of allylic oxidation sites excluding steroid dienone is 3. The molecule has 0 saturated heterocycles. The Labute approximate surface area is 127 Å². The Bertz CT molecular complexity index is 758. The maximum atomic E-state index is 4.74. The molecular formula is C16H16N4S. The minimum Gasteiger partial charge on any atom is -0.324 e. The minimum atomic E-state index is 0.672. The number of rotatable bonds is 2. The second-order valence-corrected chi connectivity index (χ2v) is 6.54. The highest BCUT2D eigenvalue weighted by atomic mass is 32.1. The standard InChI is InChI=1S/C16H16N4S/c1-10-18-13-8-7-11-9-17-16(20-14(11)15(13)21-10)19-12-5-3-2-4-6-12/h3,5-6,9H,2,4,7-8H2,1H3,(H,17,19,20). The maximum absolute atomic E-state index is 4.74. The summed E-state index contributed by atoms with van der Waals surface area (Å²) in [7, 11) is 0. The lowest BCUT2D eigenvalue weighted by Crippen LogP contribution is -2.09. The third-order valence-corrected chi connectivity index (χ3v) is 4.79. The van der Waals surface area contributed by atoms with Crippen LogP contribution in [0.5, 0.6) is 0 Å². The Morgan fingerprint density at radius 1 is 1.19 bits per heavy atom. The van der Waals surface area contributed by atoms with E-state index in [1.54, 1.807) is 11.3 Å². The van der Waals surface area contributed by atoms with Gasteiger partial charge in [0.25, 0.3) is 0 Å². The first kappa shape index (κ1) is 12.7. The van der Waals surface area contributed by atoms with E-state index in [-0.39, 0.29) is 0 Å². The fourth-order valence-electron chi connectivity index (χ4n) is 2.76. The Morgan fingerprint density at radius 2 is 2.14 bits per heavy atom. The van der Waals surface area contributed by atoms with Crippen molar-refractivity contribution in [2.45, 2.75) is 32.6 Å². The zero-order valence-electron chi connectivity index (χ0n) is 11.9. The number of hydrogen-bond acceptors (Lipinski definition) is 5. The molecule has 0 radical (unpaired) electrons. The monoisotopic (exact) mass is 296 g/mol. The van der Waals surface area contributed by atoms with Crippen molar-refractivity contribution in [2.75, 3.05) is 5.32 Å². The van der Waals surface area contributed by atoms with Gasteiger partial charge in [0, 0.05) is 11.9 Å². The van der Waals surface area contributed by atoms with E-state index < -0.39 is 0 Å². The molecule has 106 valence electrons. The topological polar surface area (TPSA) is 50.7 Å². The molecule has 21 heavy (non-hydrogen) atoms.